The zero-order chi connectivity index (χ0) is 19.2. The van der Waals surface area contributed by atoms with Gasteiger partial charge in [0.15, 0.2) is 6.29 Å². The zero-order valence-electron chi connectivity index (χ0n) is 16.5. The highest BCUT2D eigenvalue weighted by Gasteiger charge is 2.09. The second-order valence-electron chi connectivity index (χ2n) is 6.34. The molecule has 0 N–H and O–H groups in total. The van der Waals surface area contributed by atoms with Gasteiger partial charge in [0.25, 0.3) is 0 Å². The van der Waals surface area contributed by atoms with Crippen LogP contribution in [0, 0.1) is 11.3 Å². The Bertz CT molecular complexity index is 613. The number of anilines is 1. The van der Waals surface area contributed by atoms with Crippen LogP contribution >= 0.6 is 0 Å². The lowest BCUT2D eigenvalue weighted by Crippen LogP contribution is -2.21. The minimum atomic E-state index is 0.102. The van der Waals surface area contributed by atoms with E-state index >= 15 is 0 Å². The van der Waals surface area contributed by atoms with Gasteiger partial charge in [-0.3, -0.25) is 4.79 Å². The van der Waals surface area contributed by atoms with Crippen LogP contribution in [0.2, 0.25) is 0 Å². The van der Waals surface area contributed by atoms with Crippen molar-refractivity contribution in [2.75, 3.05) is 24.6 Å². The van der Waals surface area contributed by atoms with Crippen LogP contribution in [0.1, 0.15) is 64.9 Å². The van der Waals surface area contributed by atoms with Gasteiger partial charge < -0.3 is 9.64 Å². The van der Waals surface area contributed by atoms with Crippen molar-refractivity contribution in [1.29, 1.82) is 5.26 Å². The van der Waals surface area contributed by atoms with Crippen molar-refractivity contribution in [3.63, 3.8) is 0 Å². The van der Waals surface area contributed by atoms with E-state index in [1.54, 1.807) is 6.08 Å². The Balaban J connectivity index is 2.85. The zero-order valence-corrected chi connectivity index (χ0v) is 16.5. The van der Waals surface area contributed by atoms with Gasteiger partial charge in [-0.2, -0.15) is 5.26 Å². The third-order valence-electron chi connectivity index (χ3n) is 4.45. The van der Waals surface area contributed by atoms with E-state index in [4.69, 9.17) is 10.00 Å². The highest BCUT2D eigenvalue weighted by molar-refractivity contribution is 5.87. The van der Waals surface area contributed by atoms with Crippen molar-refractivity contribution >= 4 is 18.0 Å². The standard InChI is InChI=1S/C22H32N2O2/c1-4-7-8-9-10-11-14-26-22-16-21(24(5-2)6-3)13-12-20(22)15-19(17-23)18-25/h12-13,15-16,18H,4-11,14H2,1-3H3/b19-15+. The molecule has 142 valence electrons. The Morgan fingerprint density at radius 1 is 1.12 bits per heavy atom. The quantitative estimate of drug-likeness (QED) is 0.206. The summed E-state index contributed by atoms with van der Waals surface area (Å²) in [5.74, 6) is 0.734. The summed E-state index contributed by atoms with van der Waals surface area (Å²) in [4.78, 5) is 13.2. The van der Waals surface area contributed by atoms with Crippen molar-refractivity contribution in [3.8, 4) is 11.8 Å². The molecule has 0 saturated carbocycles. The van der Waals surface area contributed by atoms with Crippen molar-refractivity contribution < 1.29 is 9.53 Å². The molecule has 0 atom stereocenters. The highest BCUT2D eigenvalue weighted by atomic mass is 16.5. The smallest absolute Gasteiger partial charge is 0.160 e. The van der Waals surface area contributed by atoms with E-state index < -0.39 is 0 Å². The second kappa shape index (κ2) is 13.0. The first-order valence-corrected chi connectivity index (χ1v) is 9.78. The summed E-state index contributed by atoms with van der Waals surface area (Å²) in [6.07, 6.45) is 9.43. The summed E-state index contributed by atoms with van der Waals surface area (Å²) in [6, 6.07) is 7.85. The van der Waals surface area contributed by atoms with Gasteiger partial charge >= 0.3 is 0 Å². The minimum absolute atomic E-state index is 0.102. The summed E-state index contributed by atoms with van der Waals surface area (Å²) in [5, 5.41) is 9.02. The van der Waals surface area contributed by atoms with Crippen LogP contribution in [-0.2, 0) is 4.79 Å². The second-order valence-corrected chi connectivity index (χ2v) is 6.34. The monoisotopic (exact) mass is 356 g/mol. The van der Waals surface area contributed by atoms with Crippen LogP contribution in [0.15, 0.2) is 23.8 Å². The SMILES string of the molecule is CCCCCCCCOc1cc(N(CC)CC)ccc1/C=C(\C#N)C=O. The van der Waals surface area contributed by atoms with E-state index in [-0.39, 0.29) is 5.57 Å². The number of unbranched alkanes of at least 4 members (excludes halogenated alkanes) is 5. The molecule has 0 heterocycles. The molecule has 0 spiro atoms. The molecule has 0 aliphatic carbocycles. The van der Waals surface area contributed by atoms with E-state index in [0.717, 1.165) is 36.5 Å². The first kappa shape index (κ1) is 21.8. The predicted octanol–water partition coefficient (Wildman–Crippen LogP) is 5.38. The molecule has 0 fully saturated rings. The number of nitriles is 1. The average Bonchev–Trinajstić information content (AvgIpc) is 2.67. The lowest BCUT2D eigenvalue weighted by atomic mass is 10.1. The molecule has 0 saturated heterocycles. The Morgan fingerprint density at radius 2 is 1.81 bits per heavy atom. The molecule has 1 aromatic rings. The number of hydrogen-bond acceptors (Lipinski definition) is 4. The Morgan fingerprint density at radius 3 is 2.42 bits per heavy atom. The number of hydrogen-bond donors (Lipinski definition) is 0. The minimum Gasteiger partial charge on any atom is -0.493 e. The fourth-order valence-electron chi connectivity index (χ4n) is 2.88. The van der Waals surface area contributed by atoms with Crippen LogP contribution in [-0.4, -0.2) is 26.0 Å². The van der Waals surface area contributed by atoms with E-state index in [1.807, 2.05) is 24.3 Å². The third kappa shape index (κ3) is 7.31. The first-order valence-electron chi connectivity index (χ1n) is 9.78. The molecule has 0 aromatic heterocycles. The summed E-state index contributed by atoms with van der Waals surface area (Å²) < 4.78 is 6.02. The summed E-state index contributed by atoms with van der Waals surface area (Å²) in [7, 11) is 0. The predicted molar refractivity (Wildman–Crippen MR) is 109 cm³/mol. The first-order chi connectivity index (χ1) is 12.7. The van der Waals surface area contributed by atoms with Gasteiger partial charge in [0, 0.05) is 30.4 Å². The molecular formula is C22H32N2O2. The molecule has 0 radical (unpaired) electrons. The summed E-state index contributed by atoms with van der Waals surface area (Å²) >= 11 is 0. The highest BCUT2D eigenvalue weighted by Crippen LogP contribution is 2.28. The number of allylic oxidation sites excluding steroid dienone is 1. The normalized spacial score (nSPS) is 11.1. The Kier molecular flexibility index (Phi) is 10.9. The van der Waals surface area contributed by atoms with Gasteiger partial charge in [0.1, 0.15) is 11.8 Å². The molecular weight excluding hydrogens is 324 g/mol. The van der Waals surface area contributed by atoms with Crippen LogP contribution in [0.3, 0.4) is 0 Å². The summed E-state index contributed by atoms with van der Waals surface area (Å²) in [6.45, 7) is 8.94. The molecule has 0 bridgehead atoms. The number of carbonyl (C=O) groups is 1. The van der Waals surface area contributed by atoms with Gasteiger partial charge in [-0.15, -0.1) is 0 Å². The molecule has 1 rings (SSSR count). The largest absolute Gasteiger partial charge is 0.493 e. The van der Waals surface area contributed by atoms with E-state index in [0.29, 0.717) is 12.9 Å². The van der Waals surface area contributed by atoms with Crippen LogP contribution in [0.25, 0.3) is 6.08 Å². The van der Waals surface area contributed by atoms with Gasteiger partial charge in [-0.05, 0) is 38.5 Å². The van der Waals surface area contributed by atoms with Crippen molar-refractivity contribution in [2.24, 2.45) is 0 Å². The van der Waals surface area contributed by atoms with Crippen molar-refractivity contribution in [3.05, 3.63) is 29.3 Å². The van der Waals surface area contributed by atoms with Crippen LogP contribution in [0.5, 0.6) is 5.75 Å². The maximum atomic E-state index is 11.0. The van der Waals surface area contributed by atoms with Crippen molar-refractivity contribution in [2.45, 2.75) is 59.3 Å². The summed E-state index contributed by atoms with van der Waals surface area (Å²) in [5.41, 5.74) is 1.97. The topological polar surface area (TPSA) is 53.3 Å². The number of aldehydes is 1. The van der Waals surface area contributed by atoms with Crippen LogP contribution < -0.4 is 9.64 Å². The lowest BCUT2D eigenvalue weighted by molar-refractivity contribution is -0.104. The van der Waals surface area contributed by atoms with Gasteiger partial charge in [-0.1, -0.05) is 39.0 Å². The molecule has 1 aromatic carbocycles. The molecule has 0 amide bonds. The third-order valence-corrected chi connectivity index (χ3v) is 4.45. The number of rotatable bonds is 13. The van der Waals surface area contributed by atoms with Crippen LogP contribution in [0.4, 0.5) is 5.69 Å². The number of benzene rings is 1. The lowest BCUT2D eigenvalue weighted by Gasteiger charge is -2.22. The average molecular weight is 357 g/mol. The molecule has 26 heavy (non-hydrogen) atoms. The fraction of sp³-hybridized carbons (Fsp3) is 0.545. The van der Waals surface area contributed by atoms with Gasteiger partial charge in [-0.25, -0.2) is 0 Å². The van der Waals surface area contributed by atoms with E-state index in [9.17, 15) is 4.79 Å². The maximum absolute atomic E-state index is 11.0. The number of carbonyl (C=O) groups excluding carboxylic acids is 1. The number of ether oxygens (including phenoxy) is 1. The molecule has 0 aliphatic heterocycles. The van der Waals surface area contributed by atoms with E-state index in [2.05, 4.69) is 25.7 Å². The van der Waals surface area contributed by atoms with Crippen molar-refractivity contribution in [1.82, 2.24) is 0 Å². The molecule has 0 unspecified atom stereocenters. The van der Waals surface area contributed by atoms with Gasteiger partial charge in [0.2, 0.25) is 0 Å². The Labute approximate surface area is 158 Å². The van der Waals surface area contributed by atoms with E-state index in [1.165, 1.54) is 32.1 Å². The number of nitrogens with zero attached hydrogens (tertiary/aromatic N) is 2. The molecule has 0 aliphatic rings. The molecule has 4 heteroatoms. The fourth-order valence-corrected chi connectivity index (χ4v) is 2.88. The van der Waals surface area contributed by atoms with Gasteiger partial charge in [0.05, 0.1) is 12.2 Å². The molecule has 4 nitrogen and oxygen atoms in total. The Hall–Kier alpha value is -2.28. The maximum Gasteiger partial charge on any atom is 0.160 e.